The summed E-state index contributed by atoms with van der Waals surface area (Å²) in [6.07, 6.45) is 0. The summed E-state index contributed by atoms with van der Waals surface area (Å²) in [7, 11) is 0. The molecule has 0 saturated carbocycles. The Morgan fingerprint density at radius 2 is 1.83 bits per heavy atom. The summed E-state index contributed by atoms with van der Waals surface area (Å²) in [4.78, 5) is 12.9. The predicted octanol–water partition coefficient (Wildman–Crippen LogP) is 4.30. The molecule has 0 saturated heterocycles. The Labute approximate surface area is 120 Å². The van der Waals surface area contributed by atoms with Crippen LogP contribution in [0.2, 0.25) is 0 Å². The molecule has 2 aromatic carbocycles. The van der Waals surface area contributed by atoms with E-state index in [0.717, 1.165) is 20.6 Å². The first-order valence-electron chi connectivity index (χ1n) is 5.43. The van der Waals surface area contributed by atoms with Crippen LogP contribution in [0.3, 0.4) is 0 Å². The van der Waals surface area contributed by atoms with E-state index in [1.807, 2.05) is 25.1 Å². The molecule has 18 heavy (non-hydrogen) atoms. The van der Waals surface area contributed by atoms with E-state index in [-0.39, 0.29) is 5.91 Å². The summed E-state index contributed by atoms with van der Waals surface area (Å²) in [6.45, 7) is 1.98. The van der Waals surface area contributed by atoms with Crippen molar-refractivity contribution in [2.75, 3.05) is 5.32 Å². The fraction of sp³-hybridized carbons (Fsp3) is 0.0714. The lowest BCUT2D eigenvalue weighted by Crippen LogP contribution is -2.12. The number of aryl methyl sites for hydroxylation is 1. The highest BCUT2D eigenvalue weighted by molar-refractivity contribution is 9.10. The molecule has 0 fully saturated rings. The molecule has 1 N–H and O–H groups in total. The first-order valence-corrected chi connectivity index (χ1v) is 6.67. The molecule has 0 atom stereocenters. The Hall–Kier alpha value is -1.26. The molecule has 92 valence electrons. The van der Waals surface area contributed by atoms with Gasteiger partial charge >= 0.3 is 0 Å². The Kier molecular flexibility index (Phi) is 4.09. The van der Waals surface area contributed by atoms with Crippen LogP contribution in [-0.4, -0.2) is 5.91 Å². The predicted molar refractivity (Wildman–Crippen MR) is 80.5 cm³/mol. The summed E-state index contributed by atoms with van der Waals surface area (Å²) in [5.74, 6) is -0.130. The van der Waals surface area contributed by atoms with Crippen LogP contribution >= 0.6 is 28.6 Å². The molecule has 2 rings (SSSR count). The van der Waals surface area contributed by atoms with Gasteiger partial charge in [-0.15, -0.1) is 12.6 Å². The fourth-order valence-corrected chi connectivity index (χ4v) is 2.04. The number of amides is 1. The second-order valence-corrected chi connectivity index (χ2v) is 5.36. The summed E-state index contributed by atoms with van der Waals surface area (Å²) in [5.41, 5.74) is 2.48. The molecule has 0 radical (unpaired) electrons. The molecule has 4 heteroatoms. The van der Waals surface area contributed by atoms with Crippen LogP contribution < -0.4 is 5.32 Å². The van der Waals surface area contributed by atoms with Crippen LogP contribution in [0.4, 0.5) is 5.69 Å². The SMILES string of the molecule is Cc1ccc(Br)c(NC(=O)c2ccc(S)cc2)c1. The molecule has 0 unspecified atom stereocenters. The molecule has 0 aromatic heterocycles. The van der Waals surface area contributed by atoms with Gasteiger partial charge in [0.15, 0.2) is 0 Å². The molecule has 0 aliphatic carbocycles. The van der Waals surface area contributed by atoms with Crippen LogP contribution in [-0.2, 0) is 0 Å². The number of hydrogen-bond donors (Lipinski definition) is 2. The maximum atomic E-state index is 12.0. The minimum atomic E-state index is -0.130. The second-order valence-electron chi connectivity index (χ2n) is 3.98. The average molecular weight is 322 g/mol. The highest BCUT2D eigenvalue weighted by atomic mass is 79.9. The molecule has 2 nitrogen and oxygen atoms in total. The molecule has 2 aromatic rings. The number of benzene rings is 2. The quantitative estimate of drug-likeness (QED) is 0.793. The minimum absolute atomic E-state index is 0.130. The van der Waals surface area contributed by atoms with Gasteiger partial charge in [0.2, 0.25) is 0 Å². The van der Waals surface area contributed by atoms with Crippen molar-refractivity contribution >= 4 is 40.2 Å². The van der Waals surface area contributed by atoms with Gasteiger partial charge in [-0.25, -0.2) is 0 Å². The van der Waals surface area contributed by atoms with E-state index in [0.29, 0.717) is 5.56 Å². The Balaban J connectivity index is 2.21. The lowest BCUT2D eigenvalue weighted by Gasteiger charge is -2.08. The number of halogens is 1. The average Bonchev–Trinajstić information content (AvgIpc) is 2.34. The van der Waals surface area contributed by atoms with Gasteiger partial charge < -0.3 is 5.32 Å². The number of thiol groups is 1. The van der Waals surface area contributed by atoms with Crippen LogP contribution in [0.1, 0.15) is 15.9 Å². The van der Waals surface area contributed by atoms with E-state index in [9.17, 15) is 4.79 Å². The number of carbonyl (C=O) groups excluding carboxylic acids is 1. The van der Waals surface area contributed by atoms with Gasteiger partial charge in [0, 0.05) is 14.9 Å². The first-order chi connectivity index (χ1) is 8.56. The lowest BCUT2D eigenvalue weighted by atomic mass is 10.2. The largest absolute Gasteiger partial charge is 0.321 e. The van der Waals surface area contributed by atoms with Crippen molar-refractivity contribution < 1.29 is 4.79 Å². The highest BCUT2D eigenvalue weighted by Crippen LogP contribution is 2.24. The zero-order valence-electron chi connectivity index (χ0n) is 9.77. The fourth-order valence-electron chi connectivity index (χ4n) is 1.54. The lowest BCUT2D eigenvalue weighted by molar-refractivity contribution is 0.102. The Morgan fingerprint density at radius 1 is 1.17 bits per heavy atom. The van der Waals surface area contributed by atoms with Gasteiger partial charge in [-0.2, -0.15) is 0 Å². The van der Waals surface area contributed by atoms with E-state index in [1.54, 1.807) is 24.3 Å². The van der Waals surface area contributed by atoms with Gasteiger partial charge in [-0.05, 0) is 64.8 Å². The number of nitrogens with one attached hydrogen (secondary N) is 1. The number of rotatable bonds is 2. The maximum Gasteiger partial charge on any atom is 0.255 e. The van der Waals surface area contributed by atoms with Gasteiger partial charge in [-0.3, -0.25) is 4.79 Å². The molecule has 0 bridgehead atoms. The van der Waals surface area contributed by atoms with Crippen molar-refractivity contribution in [1.29, 1.82) is 0 Å². The van der Waals surface area contributed by atoms with Crippen LogP contribution in [0.15, 0.2) is 51.8 Å². The number of hydrogen-bond acceptors (Lipinski definition) is 2. The normalized spacial score (nSPS) is 10.2. The van der Waals surface area contributed by atoms with Crippen LogP contribution in [0.25, 0.3) is 0 Å². The van der Waals surface area contributed by atoms with Crippen molar-refractivity contribution in [2.45, 2.75) is 11.8 Å². The smallest absolute Gasteiger partial charge is 0.255 e. The maximum absolute atomic E-state index is 12.0. The van der Waals surface area contributed by atoms with Crippen molar-refractivity contribution in [3.05, 3.63) is 58.1 Å². The minimum Gasteiger partial charge on any atom is -0.321 e. The molecular formula is C14H12BrNOS. The Bertz CT molecular complexity index is 581. The zero-order valence-corrected chi connectivity index (χ0v) is 12.3. The summed E-state index contributed by atoms with van der Waals surface area (Å²) in [5, 5.41) is 2.88. The standard InChI is InChI=1S/C14H12BrNOS/c1-9-2-7-12(15)13(8-9)16-14(17)10-3-5-11(18)6-4-10/h2-8,18H,1H3,(H,16,17). The molecule has 0 aliphatic rings. The van der Waals surface area contributed by atoms with Crippen LogP contribution in [0, 0.1) is 6.92 Å². The van der Waals surface area contributed by atoms with Crippen molar-refractivity contribution in [1.82, 2.24) is 0 Å². The van der Waals surface area contributed by atoms with E-state index < -0.39 is 0 Å². The Morgan fingerprint density at radius 3 is 2.50 bits per heavy atom. The van der Waals surface area contributed by atoms with E-state index in [4.69, 9.17) is 0 Å². The second kappa shape index (κ2) is 5.59. The van der Waals surface area contributed by atoms with Crippen molar-refractivity contribution in [3.63, 3.8) is 0 Å². The third-order valence-electron chi connectivity index (χ3n) is 2.50. The van der Waals surface area contributed by atoms with Gasteiger partial charge in [0.05, 0.1) is 5.69 Å². The summed E-state index contributed by atoms with van der Waals surface area (Å²) < 4.78 is 0.868. The zero-order chi connectivity index (χ0) is 13.1. The van der Waals surface area contributed by atoms with Gasteiger partial charge in [-0.1, -0.05) is 6.07 Å². The van der Waals surface area contributed by atoms with Gasteiger partial charge in [0.25, 0.3) is 5.91 Å². The summed E-state index contributed by atoms with van der Waals surface area (Å²) in [6, 6.07) is 12.9. The van der Waals surface area contributed by atoms with Crippen molar-refractivity contribution in [3.8, 4) is 0 Å². The number of carbonyl (C=O) groups is 1. The van der Waals surface area contributed by atoms with E-state index in [2.05, 4.69) is 33.9 Å². The molecule has 0 aliphatic heterocycles. The monoisotopic (exact) mass is 321 g/mol. The van der Waals surface area contributed by atoms with E-state index in [1.165, 1.54) is 0 Å². The molecule has 1 amide bonds. The topological polar surface area (TPSA) is 29.1 Å². The van der Waals surface area contributed by atoms with Crippen molar-refractivity contribution in [2.24, 2.45) is 0 Å². The van der Waals surface area contributed by atoms with Crippen LogP contribution in [0.5, 0.6) is 0 Å². The molecule has 0 heterocycles. The third-order valence-corrected chi connectivity index (χ3v) is 3.49. The van der Waals surface area contributed by atoms with E-state index >= 15 is 0 Å². The highest BCUT2D eigenvalue weighted by Gasteiger charge is 2.08. The van der Waals surface area contributed by atoms with Gasteiger partial charge in [0.1, 0.15) is 0 Å². The molecule has 0 spiro atoms. The summed E-state index contributed by atoms with van der Waals surface area (Å²) >= 11 is 7.61. The first kappa shape index (κ1) is 13.2. The number of anilines is 1. The third kappa shape index (κ3) is 3.15. The molecular weight excluding hydrogens is 310 g/mol.